The van der Waals surface area contributed by atoms with E-state index in [9.17, 15) is 0 Å². The minimum absolute atomic E-state index is 0.461. The van der Waals surface area contributed by atoms with Crippen LogP contribution in [0.3, 0.4) is 0 Å². The molecule has 2 rings (SSSR count). The van der Waals surface area contributed by atoms with Gasteiger partial charge in [-0.1, -0.05) is 23.7 Å². The van der Waals surface area contributed by atoms with Crippen molar-refractivity contribution in [3.05, 3.63) is 41.0 Å². The van der Waals surface area contributed by atoms with Crippen LogP contribution in [0.25, 0.3) is 0 Å². The Balaban J connectivity index is 1.96. The molecule has 0 saturated carbocycles. The van der Waals surface area contributed by atoms with E-state index in [0.717, 1.165) is 37.1 Å². The van der Waals surface area contributed by atoms with E-state index in [1.54, 1.807) is 6.20 Å². The Kier molecular flexibility index (Phi) is 5.98. The van der Waals surface area contributed by atoms with E-state index in [1.807, 2.05) is 24.3 Å². The number of nitrogen functional groups attached to an aromatic ring is 1. The molecule has 1 aromatic carbocycles. The first-order valence-electron chi connectivity index (χ1n) is 7.34. The van der Waals surface area contributed by atoms with Gasteiger partial charge in [-0.15, -0.1) is 0 Å². The van der Waals surface area contributed by atoms with Gasteiger partial charge in [0.1, 0.15) is 5.82 Å². The monoisotopic (exact) mass is 319 g/mol. The molecule has 5 nitrogen and oxygen atoms in total. The van der Waals surface area contributed by atoms with Gasteiger partial charge in [-0.3, -0.25) is 0 Å². The van der Waals surface area contributed by atoms with Crippen LogP contribution < -0.4 is 11.1 Å². The normalized spacial score (nSPS) is 10.9. The van der Waals surface area contributed by atoms with E-state index in [0.29, 0.717) is 16.8 Å². The predicted molar refractivity (Wildman–Crippen MR) is 92.7 cm³/mol. The van der Waals surface area contributed by atoms with Crippen LogP contribution in [0.4, 0.5) is 17.5 Å². The smallest absolute Gasteiger partial charge is 0.229 e. The van der Waals surface area contributed by atoms with Crippen LogP contribution in [0.1, 0.15) is 18.4 Å². The van der Waals surface area contributed by atoms with Gasteiger partial charge in [-0.25, -0.2) is 4.98 Å². The fraction of sp³-hybridized carbons (Fsp3) is 0.375. The predicted octanol–water partition coefficient (Wildman–Crippen LogP) is 3.34. The Hall–Kier alpha value is -1.85. The van der Waals surface area contributed by atoms with Gasteiger partial charge >= 0.3 is 0 Å². The summed E-state index contributed by atoms with van der Waals surface area (Å²) >= 11 is 6.10. The maximum Gasteiger partial charge on any atom is 0.229 e. The van der Waals surface area contributed by atoms with Crippen LogP contribution in [0.15, 0.2) is 30.5 Å². The second-order valence-electron chi connectivity index (χ2n) is 5.47. The lowest BCUT2D eigenvalue weighted by Gasteiger charge is -2.11. The van der Waals surface area contributed by atoms with Crippen LogP contribution in [0.2, 0.25) is 5.02 Å². The average molecular weight is 320 g/mol. The zero-order valence-corrected chi connectivity index (χ0v) is 13.8. The minimum Gasteiger partial charge on any atom is -0.383 e. The van der Waals surface area contributed by atoms with Crippen molar-refractivity contribution < 1.29 is 0 Å². The number of para-hydroxylation sites is 1. The number of halogens is 1. The first-order valence-corrected chi connectivity index (χ1v) is 7.71. The molecule has 1 heterocycles. The van der Waals surface area contributed by atoms with E-state index in [-0.39, 0.29) is 0 Å². The standard InChI is InChI=1S/C16H22ClN5/c1-22(2)10-6-5-7-12-11-19-16(21-15(12)18)20-14-9-4-3-8-13(14)17/h3-4,8-9,11H,5-7,10H2,1-2H3,(H3,18,19,20,21). The minimum atomic E-state index is 0.461. The SMILES string of the molecule is CN(C)CCCCc1cnc(Nc2ccccc2Cl)nc1N. The molecule has 3 N–H and O–H groups in total. The lowest BCUT2D eigenvalue weighted by molar-refractivity contribution is 0.394. The summed E-state index contributed by atoms with van der Waals surface area (Å²) in [7, 11) is 4.15. The molecule has 0 aliphatic carbocycles. The third kappa shape index (κ3) is 4.86. The third-order valence-corrected chi connectivity index (χ3v) is 3.65. The lowest BCUT2D eigenvalue weighted by Crippen LogP contribution is -2.13. The Morgan fingerprint density at radius 3 is 2.68 bits per heavy atom. The van der Waals surface area contributed by atoms with Gasteiger partial charge in [0.25, 0.3) is 0 Å². The topological polar surface area (TPSA) is 67.1 Å². The number of aromatic nitrogens is 2. The zero-order chi connectivity index (χ0) is 15.9. The highest BCUT2D eigenvalue weighted by molar-refractivity contribution is 6.33. The van der Waals surface area contributed by atoms with Gasteiger partial charge in [0.2, 0.25) is 5.95 Å². The number of unbranched alkanes of at least 4 members (excludes halogenated alkanes) is 1. The summed E-state index contributed by atoms with van der Waals surface area (Å²) in [5.74, 6) is 0.983. The van der Waals surface area contributed by atoms with E-state index >= 15 is 0 Å². The van der Waals surface area contributed by atoms with Crippen molar-refractivity contribution in [1.82, 2.24) is 14.9 Å². The second kappa shape index (κ2) is 7.96. The van der Waals surface area contributed by atoms with Crippen molar-refractivity contribution in [2.45, 2.75) is 19.3 Å². The first kappa shape index (κ1) is 16.5. The highest BCUT2D eigenvalue weighted by Gasteiger charge is 2.06. The molecule has 0 aliphatic heterocycles. The molecule has 1 aromatic heterocycles. The van der Waals surface area contributed by atoms with Gasteiger partial charge in [-0.2, -0.15) is 4.98 Å². The largest absolute Gasteiger partial charge is 0.383 e. The average Bonchev–Trinajstić information content (AvgIpc) is 2.47. The number of nitrogens with one attached hydrogen (secondary N) is 1. The number of nitrogens with zero attached hydrogens (tertiary/aromatic N) is 3. The highest BCUT2D eigenvalue weighted by atomic mass is 35.5. The highest BCUT2D eigenvalue weighted by Crippen LogP contribution is 2.24. The first-order chi connectivity index (χ1) is 10.6. The Bertz CT molecular complexity index is 615. The van der Waals surface area contributed by atoms with E-state index in [4.69, 9.17) is 17.3 Å². The van der Waals surface area contributed by atoms with Crippen molar-refractivity contribution in [2.75, 3.05) is 31.7 Å². The Labute approximate surface area is 136 Å². The number of hydrogen-bond donors (Lipinski definition) is 2. The second-order valence-corrected chi connectivity index (χ2v) is 5.88. The molecule has 6 heteroatoms. The molecule has 0 amide bonds. The van der Waals surface area contributed by atoms with E-state index < -0.39 is 0 Å². The molecule has 22 heavy (non-hydrogen) atoms. The number of rotatable bonds is 7. The summed E-state index contributed by atoms with van der Waals surface area (Å²) in [4.78, 5) is 10.8. The van der Waals surface area contributed by atoms with Crippen molar-refractivity contribution in [3.63, 3.8) is 0 Å². The maximum atomic E-state index is 6.10. The molecule has 0 aliphatic rings. The van der Waals surface area contributed by atoms with Gasteiger partial charge in [0.15, 0.2) is 0 Å². The fourth-order valence-corrected chi connectivity index (χ4v) is 2.28. The van der Waals surface area contributed by atoms with Gasteiger partial charge in [0.05, 0.1) is 10.7 Å². The fourth-order valence-electron chi connectivity index (χ4n) is 2.10. The van der Waals surface area contributed by atoms with Crippen LogP contribution in [0.5, 0.6) is 0 Å². The van der Waals surface area contributed by atoms with Crippen molar-refractivity contribution in [2.24, 2.45) is 0 Å². The molecule has 0 fully saturated rings. The van der Waals surface area contributed by atoms with Crippen molar-refractivity contribution in [1.29, 1.82) is 0 Å². The van der Waals surface area contributed by atoms with Crippen LogP contribution in [-0.2, 0) is 6.42 Å². The molecule has 0 unspecified atom stereocenters. The van der Waals surface area contributed by atoms with Crippen LogP contribution in [-0.4, -0.2) is 35.5 Å². The molecule has 0 radical (unpaired) electrons. The van der Waals surface area contributed by atoms with Crippen molar-refractivity contribution in [3.8, 4) is 0 Å². The van der Waals surface area contributed by atoms with Gasteiger partial charge < -0.3 is 16.0 Å². The van der Waals surface area contributed by atoms with Crippen molar-refractivity contribution >= 4 is 29.1 Å². The molecule has 0 spiro atoms. The summed E-state index contributed by atoms with van der Waals surface area (Å²) < 4.78 is 0. The van der Waals surface area contributed by atoms with E-state index in [1.165, 1.54) is 0 Å². The summed E-state index contributed by atoms with van der Waals surface area (Å²) in [5.41, 5.74) is 7.78. The molecule has 0 bridgehead atoms. The van der Waals surface area contributed by atoms with Gasteiger partial charge in [0, 0.05) is 11.8 Å². The summed E-state index contributed by atoms with van der Waals surface area (Å²) in [6.45, 7) is 1.08. The summed E-state index contributed by atoms with van der Waals surface area (Å²) in [6, 6.07) is 7.46. The number of nitrogens with two attached hydrogens (primary N) is 1. The zero-order valence-electron chi connectivity index (χ0n) is 13.0. The molecule has 118 valence electrons. The van der Waals surface area contributed by atoms with Crippen LogP contribution in [0, 0.1) is 0 Å². The molecule has 2 aromatic rings. The Morgan fingerprint density at radius 1 is 1.23 bits per heavy atom. The summed E-state index contributed by atoms with van der Waals surface area (Å²) in [5, 5.41) is 3.70. The lowest BCUT2D eigenvalue weighted by atomic mass is 10.1. The van der Waals surface area contributed by atoms with Crippen LogP contribution >= 0.6 is 11.6 Å². The molecular formula is C16H22ClN5. The third-order valence-electron chi connectivity index (χ3n) is 3.32. The molecule has 0 saturated heterocycles. The summed E-state index contributed by atoms with van der Waals surface area (Å²) in [6.07, 6.45) is 4.89. The molecule has 0 atom stereocenters. The Morgan fingerprint density at radius 2 is 2.00 bits per heavy atom. The van der Waals surface area contributed by atoms with Gasteiger partial charge in [-0.05, 0) is 52.0 Å². The maximum absolute atomic E-state index is 6.10. The number of hydrogen-bond acceptors (Lipinski definition) is 5. The number of benzene rings is 1. The number of aryl methyl sites for hydroxylation is 1. The molecular weight excluding hydrogens is 298 g/mol. The quantitative estimate of drug-likeness (QED) is 0.766. The van der Waals surface area contributed by atoms with E-state index in [2.05, 4.69) is 34.3 Å². The number of anilines is 3.